The molecule has 2 aromatic rings. The van der Waals surface area contributed by atoms with E-state index in [1.54, 1.807) is 12.4 Å². The molecule has 0 radical (unpaired) electrons. The lowest BCUT2D eigenvalue weighted by molar-refractivity contribution is 0.821. The summed E-state index contributed by atoms with van der Waals surface area (Å²) in [6, 6.07) is 11.9. The molecule has 1 atom stereocenters. The lowest BCUT2D eigenvalue weighted by atomic mass is 10.0. The van der Waals surface area contributed by atoms with E-state index in [1.807, 2.05) is 57.2 Å². The van der Waals surface area contributed by atoms with E-state index in [1.165, 1.54) is 5.56 Å². The minimum absolute atomic E-state index is 0.0630. The molecule has 0 saturated carbocycles. The Labute approximate surface area is 141 Å². The third kappa shape index (κ3) is 4.19. The van der Waals surface area contributed by atoms with Gasteiger partial charge in [0.25, 0.3) is 0 Å². The second kappa shape index (κ2) is 7.57. The van der Waals surface area contributed by atoms with Gasteiger partial charge in [0.05, 0.1) is 6.04 Å². The lowest BCUT2D eigenvalue weighted by Crippen LogP contribution is -2.00. The highest BCUT2D eigenvalue weighted by Gasteiger charge is 2.13. The molecule has 22 heavy (non-hydrogen) atoms. The monoisotopic (exact) mass is 332 g/mol. The van der Waals surface area contributed by atoms with Crippen LogP contribution < -0.4 is 0 Å². The summed E-state index contributed by atoms with van der Waals surface area (Å²) in [5.41, 5.74) is 3.98. The van der Waals surface area contributed by atoms with E-state index in [9.17, 15) is 0 Å². The highest BCUT2D eigenvalue weighted by molar-refractivity contribution is 6.77. The van der Waals surface area contributed by atoms with E-state index in [4.69, 9.17) is 23.2 Å². The molecule has 114 valence electrons. The summed E-state index contributed by atoms with van der Waals surface area (Å²) in [4.78, 5) is 8.59. The number of nitrogens with zero attached hydrogens (tertiary/aromatic N) is 2. The highest BCUT2D eigenvalue weighted by Crippen LogP contribution is 2.27. The van der Waals surface area contributed by atoms with Crippen LogP contribution in [0.2, 0.25) is 0 Å². The van der Waals surface area contributed by atoms with Crippen LogP contribution in [0.4, 0.5) is 0 Å². The molecule has 1 unspecified atom stereocenters. The first-order chi connectivity index (χ1) is 10.5. The van der Waals surface area contributed by atoms with Crippen LogP contribution >= 0.6 is 23.2 Å². The van der Waals surface area contributed by atoms with Gasteiger partial charge >= 0.3 is 0 Å². The molecule has 1 heterocycles. The minimum Gasteiger partial charge on any atom is -0.265 e. The zero-order chi connectivity index (χ0) is 16.1. The molecule has 0 bridgehead atoms. The van der Waals surface area contributed by atoms with Crippen molar-refractivity contribution < 1.29 is 0 Å². The van der Waals surface area contributed by atoms with Crippen LogP contribution in [0.3, 0.4) is 0 Å². The van der Waals surface area contributed by atoms with E-state index in [-0.39, 0.29) is 6.04 Å². The van der Waals surface area contributed by atoms with Crippen molar-refractivity contribution in [2.24, 2.45) is 4.99 Å². The average molecular weight is 333 g/mol. The van der Waals surface area contributed by atoms with Crippen molar-refractivity contribution >= 4 is 33.9 Å². The summed E-state index contributed by atoms with van der Waals surface area (Å²) < 4.78 is 0. The second-order valence-corrected chi connectivity index (χ2v) is 6.08. The van der Waals surface area contributed by atoms with Gasteiger partial charge in [0.15, 0.2) is 0 Å². The summed E-state index contributed by atoms with van der Waals surface area (Å²) in [5.74, 6) is 0. The Morgan fingerprint density at radius 2 is 1.64 bits per heavy atom. The summed E-state index contributed by atoms with van der Waals surface area (Å²) in [6.45, 7) is 5.86. The number of hydrogen-bond acceptors (Lipinski definition) is 2. The molecule has 2 rings (SSSR count). The molecule has 1 aromatic heterocycles. The van der Waals surface area contributed by atoms with Gasteiger partial charge in [-0.3, -0.25) is 9.98 Å². The minimum atomic E-state index is -0.0630. The van der Waals surface area contributed by atoms with Crippen LogP contribution in [-0.4, -0.2) is 10.2 Å². The molecule has 0 fully saturated rings. The number of aliphatic imine (C=N–C) groups is 1. The zero-order valence-electron chi connectivity index (χ0n) is 12.8. The third-order valence-corrected chi connectivity index (χ3v) is 3.86. The summed E-state index contributed by atoms with van der Waals surface area (Å²) in [7, 11) is 0. The van der Waals surface area contributed by atoms with Gasteiger partial charge < -0.3 is 0 Å². The van der Waals surface area contributed by atoms with E-state index in [0.29, 0.717) is 10.2 Å². The molecule has 0 spiro atoms. The maximum absolute atomic E-state index is 6.45. The van der Waals surface area contributed by atoms with Crippen molar-refractivity contribution in [1.82, 2.24) is 4.98 Å². The Kier molecular flexibility index (Phi) is 5.76. The predicted molar refractivity (Wildman–Crippen MR) is 95.6 cm³/mol. The van der Waals surface area contributed by atoms with Crippen LogP contribution in [0.1, 0.15) is 36.6 Å². The fourth-order valence-corrected chi connectivity index (χ4v) is 2.78. The standard InChI is InChI=1S/C18H18Cl2N2/c1-12-4-6-16(7-5-12)17(13(2)19)18(20)22-14(3)15-8-10-21-11-9-15/h4-11,14H,1-3H3/b17-13+,22-18?. The molecule has 0 N–H and O–H groups in total. The number of aromatic nitrogens is 1. The van der Waals surface area contributed by atoms with Gasteiger partial charge in [-0.2, -0.15) is 0 Å². The zero-order valence-corrected chi connectivity index (χ0v) is 14.4. The molecule has 0 aliphatic heterocycles. The van der Waals surface area contributed by atoms with Crippen LogP contribution in [0.15, 0.2) is 58.8 Å². The summed E-state index contributed by atoms with van der Waals surface area (Å²) in [5, 5.41) is 1.04. The topological polar surface area (TPSA) is 25.2 Å². The Balaban J connectivity index is 2.35. The first-order valence-corrected chi connectivity index (χ1v) is 7.81. The van der Waals surface area contributed by atoms with Crippen molar-refractivity contribution in [2.75, 3.05) is 0 Å². The second-order valence-electron chi connectivity index (χ2n) is 5.15. The van der Waals surface area contributed by atoms with Gasteiger partial charge in [-0.05, 0) is 44.0 Å². The van der Waals surface area contributed by atoms with Crippen LogP contribution in [0, 0.1) is 6.92 Å². The largest absolute Gasteiger partial charge is 0.265 e. The first kappa shape index (κ1) is 16.7. The molecular weight excluding hydrogens is 315 g/mol. The number of halogens is 2. The Hall–Kier alpha value is -1.64. The van der Waals surface area contributed by atoms with Gasteiger partial charge in [0.1, 0.15) is 5.17 Å². The van der Waals surface area contributed by atoms with E-state index >= 15 is 0 Å². The fraction of sp³-hybridized carbons (Fsp3) is 0.222. The predicted octanol–water partition coefficient (Wildman–Crippen LogP) is 5.76. The number of rotatable bonds is 4. The van der Waals surface area contributed by atoms with Gasteiger partial charge in [-0.15, -0.1) is 0 Å². The summed E-state index contributed by atoms with van der Waals surface area (Å²) in [6.07, 6.45) is 3.50. The molecule has 0 amide bonds. The van der Waals surface area contributed by atoms with Crippen molar-refractivity contribution in [3.63, 3.8) is 0 Å². The van der Waals surface area contributed by atoms with Gasteiger partial charge in [-0.25, -0.2) is 0 Å². The Bertz CT molecular complexity index is 685. The molecular formula is C18H18Cl2N2. The van der Waals surface area contributed by atoms with Gasteiger partial charge in [0.2, 0.25) is 0 Å². The van der Waals surface area contributed by atoms with Crippen LogP contribution in [0.5, 0.6) is 0 Å². The van der Waals surface area contributed by atoms with Gasteiger partial charge in [0, 0.05) is 23.0 Å². The van der Waals surface area contributed by atoms with Crippen molar-refractivity contribution in [3.8, 4) is 0 Å². The third-order valence-electron chi connectivity index (χ3n) is 3.39. The van der Waals surface area contributed by atoms with Gasteiger partial charge in [-0.1, -0.05) is 53.0 Å². The number of hydrogen-bond donors (Lipinski definition) is 0. The quantitative estimate of drug-likeness (QED) is 0.653. The average Bonchev–Trinajstić information content (AvgIpc) is 2.50. The Morgan fingerprint density at radius 3 is 2.18 bits per heavy atom. The lowest BCUT2D eigenvalue weighted by Gasteiger charge is -2.11. The first-order valence-electron chi connectivity index (χ1n) is 7.06. The molecule has 4 heteroatoms. The fourth-order valence-electron chi connectivity index (χ4n) is 2.13. The van der Waals surface area contributed by atoms with E-state index < -0.39 is 0 Å². The molecule has 0 aliphatic carbocycles. The van der Waals surface area contributed by atoms with E-state index in [2.05, 4.69) is 9.98 Å². The number of benzene rings is 1. The molecule has 2 nitrogen and oxygen atoms in total. The molecule has 1 aromatic carbocycles. The van der Waals surface area contributed by atoms with Crippen molar-refractivity contribution in [2.45, 2.75) is 26.8 Å². The van der Waals surface area contributed by atoms with Crippen LogP contribution in [0.25, 0.3) is 5.57 Å². The normalized spacial score (nSPS) is 14.5. The number of pyridine rings is 1. The highest BCUT2D eigenvalue weighted by atomic mass is 35.5. The maximum Gasteiger partial charge on any atom is 0.133 e. The van der Waals surface area contributed by atoms with Crippen molar-refractivity contribution in [3.05, 3.63) is 70.5 Å². The maximum atomic E-state index is 6.45. The van der Waals surface area contributed by atoms with Crippen LogP contribution in [-0.2, 0) is 0 Å². The van der Waals surface area contributed by atoms with Crippen molar-refractivity contribution in [1.29, 1.82) is 0 Å². The number of allylic oxidation sites excluding steroid dienone is 2. The van der Waals surface area contributed by atoms with E-state index in [0.717, 1.165) is 16.7 Å². The SMILES string of the molecule is C/C(Cl)=C(\C(Cl)=NC(C)c1ccncc1)c1ccc(C)cc1. The molecule has 0 aliphatic rings. The number of aryl methyl sites for hydroxylation is 1. The summed E-state index contributed by atoms with van der Waals surface area (Å²) >= 11 is 12.7. The molecule has 0 saturated heterocycles. The Morgan fingerprint density at radius 1 is 1.05 bits per heavy atom. The smallest absolute Gasteiger partial charge is 0.133 e.